The molecule has 0 bridgehead atoms. The highest BCUT2D eigenvalue weighted by Crippen LogP contribution is 2.21. The summed E-state index contributed by atoms with van der Waals surface area (Å²) >= 11 is 0. The van der Waals surface area contributed by atoms with E-state index >= 15 is 0 Å². The third-order valence-electron chi connectivity index (χ3n) is 1.17. The minimum absolute atomic E-state index is 0. The van der Waals surface area contributed by atoms with Crippen molar-refractivity contribution < 1.29 is 13.2 Å². The summed E-state index contributed by atoms with van der Waals surface area (Å²) in [5.41, 5.74) is 0. The van der Waals surface area contributed by atoms with Gasteiger partial charge in [0.15, 0.2) is 0 Å². The maximum Gasteiger partial charge on any atom is 0.401 e. The van der Waals surface area contributed by atoms with Gasteiger partial charge in [-0.1, -0.05) is 0 Å². The van der Waals surface area contributed by atoms with Crippen molar-refractivity contribution in [2.75, 3.05) is 6.54 Å². The topological polar surface area (TPSA) is 12.0 Å². The van der Waals surface area contributed by atoms with Crippen molar-refractivity contribution in [1.29, 1.82) is 0 Å². The predicted molar refractivity (Wildman–Crippen MR) is 34.3 cm³/mol. The first-order valence-corrected chi connectivity index (χ1v) is 2.88. The van der Waals surface area contributed by atoms with Gasteiger partial charge in [0, 0.05) is 6.04 Å². The zero-order valence-corrected chi connectivity index (χ0v) is 6.06. The molecule has 0 heterocycles. The van der Waals surface area contributed by atoms with E-state index in [4.69, 9.17) is 0 Å². The lowest BCUT2D eigenvalue weighted by atomic mass is 10.6. The number of alkyl halides is 3. The fourth-order valence-corrected chi connectivity index (χ4v) is 0.548. The van der Waals surface area contributed by atoms with Crippen LogP contribution in [0.15, 0.2) is 0 Å². The van der Waals surface area contributed by atoms with Gasteiger partial charge in [-0.25, -0.2) is 0 Å². The molecule has 62 valence electrons. The van der Waals surface area contributed by atoms with E-state index in [1.165, 1.54) is 0 Å². The maximum atomic E-state index is 11.4. The van der Waals surface area contributed by atoms with Crippen LogP contribution >= 0.6 is 12.4 Å². The van der Waals surface area contributed by atoms with Gasteiger partial charge in [0.25, 0.3) is 0 Å². The molecule has 1 aliphatic rings. The van der Waals surface area contributed by atoms with Gasteiger partial charge in [0.2, 0.25) is 0 Å². The van der Waals surface area contributed by atoms with E-state index in [0.717, 1.165) is 12.8 Å². The first kappa shape index (κ1) is 10.0. The number of halogens is 4. The zero-order valence-electron chi connectivity index (χ0n) is 5.24. The van der Waals surface area contributed by atoms with Crippen LogP contribution in [0.3, 0.4) is 0 Å². The van der Waals surface area contributed by atoms with Crippen LogP contribution in [0.1, 0.15) is 12.8 Å². The Balaban J connectivity index is 0.000000810. The molecule has 1 fully saturated rings. The maximum absolute atomic E-state index is 11.4. The van der Waals surface area contributed by atoms with E-state index < -0.39 is 12.7 Å². The molecule has 0 unspecified atom stereocenters. The predicted octanol–water partition coefficient (Wildman–Crippen LogP) is 1.72. The van der Waals surface area contributed by atoms with Crippen molar-refractivity contribution in [1.82, 2.24) is 5.32 Å². The standard InChI is InChI=1S/C5H8F3N.ClH/c6-5(7,8)3-9-4-1-2-4;/h4,9H,1-3H2;1H. The molecule has 0 aliphatic heterocycles. The molecular weight excluding hydrogens is 167 g/mol. The Labute approximate surface area is 63.4 Å². The summed E-state index contributed by atoms with van der Waals surface area (Å²) in [6, 6.07) is 0.145. The van der Waals surface area contributed by atoms with E-state index in [1.54, 1.807) is 0 Å². The van der Waals surface area contributed by atoms with E-state index in [1.807, 2.05) is 0 Å². The third-order valence-corrected chi connectivity index (χ3v) is 1.17. The third kappa shape index (κ3) is 4.88. The molecule has 1 N–H and O–H groups in total. The van der Waals surface area contributed by atoms with Crippen LogP contribution in [0.25, 0.3) is 0 Å². The number of rotatable bonds is 2. The second-order valence-electron chi connectivity index (χ2n) is 2.27. The average molecular weight is 176 g/mol. The molecule has 1 saturated carbocycles. The van der Waals surface area contributed by atoms with Crippen LogP contribution in [0.5, 0.6) is 0 Å². The minimum Gasteiger partial charge on any atom is -0.306 e. The highest BCUT2D eigenvalue weighted by Gasteiger charge is 2.30. The van der Waals surface area contributed by atoms with Gasteiger partial charge in [-0.05, 0) is 12.8 Å². The average Bonchev–Trinajstić information content (AvgIpc) is 2.38. The Morgan fingerprint density at radius 2 is 1.80 bits per heavy atom. The molecule has 0 radical (unpaired) electrons. The first-order chi connectivity index (χ1) is 4.08. The molecule has 0 aromatic rings. The van der Waals surface area contributed by atoms with Crippen LogP contribution in [0, 0.1) is 0 Å². The molecule has 1 nitrogen and oxygen atoms in total. The molecule has 0 saturated heterocycles. The summed E-state index contributed by atoms with van der Waals surface area (Å²) in [6.45, 7) is -0.836. The Morgan fingerprint density at radius 3 is 2.10 bits per heavy atom. The molecule has 1 rings (SSSR count). The Bertz CT molecular complexity index is 99.6. The van der Waals surface area contributed by atoms with Gasteiger partial charge >= 0.3 is 6.18 Å². The molecule has 5 heteroatoms. The first-order valence-electron chi connectivity index (χ1n) is 2.88. The van der Waals surface area contributed by atoms with Gasteiger partial charge < -0.3 is 5.32 Å². The smallest absolute Gasteiger partial charge is 0.306 e. The molecule has 10 heavy (non-hydrogen) atoms. The van der Waals surface area contributed by atoms with Crippen LogP contribution in [0.2, 0.25) is 0 Å². The molecule has 0 aromatic carbocycles. The molecular formula is C5H9ClF3N. The summed E-state index contributed by atoms with van der Waals surface area (Å²) in [7, 11) is 0. The molecule has 0 aromatic heterocycles. The number of hydrogen-bond acceptors (Lipinski definition) is 1. The van der Waals surface area contributed by atoms with Crippen molar-refractivity contribution in [3.05, 3.63) is 0 Å². The van der Waals surface area contributed by atoms with E-state index in [2.05, 4.69) is 5.32 Å². The van der Waals surface area contributed by atoms with Gasteiger partial charge in [0.1, 0.15) is 0 Å². The van der Waals surface area contributed by atoms with Crippen LogP contribution in [-0.2, 0) is 0 Å². The molecule has 0 amide bonds. The van der Waals surface area contributed by atoms with Crippen molar-refractivity contribution in [2.45, 2.75) is 25.1 Å². The molecule has 1 aliphatic carbocycles. The van der Waals surface area contributed by atoms with E-state index in [9.17, 15) is 13.2 Å². The normalized spacial score (nSPS) is 18.3. The summed E-state index contributed by atoms with van der Waals surface area (Å²) in [6.07, 6.45) is -2.24. The van der Waals surface area contributed by atoms with Gasteiger partial charge in [-0.15, -0.1) is 12.4 Å². The lowest BCUT2D eigenvalue weighted by Crippen LogP contribution is -2.30. The zero-order chi connectivity index (χ0) is 6.91. The largest absolute Gasteiger partial charge is 0.401 e. The quantitative estimate of drug-likeness (QED) is 0.674. The number of nitrogens with one attached hydrogen (secondary N) is 1. The fraction of sp³-hybridized carbons (Fsp3) is 1.00. The van der Waals surface area contributed by atoms with Gasteiger partial charge in [-0.3, -0.25) is 0 Å². The second-order valence-corrected chi connectivity index (χ2v) is 2.27. The van der Waals surface area contributed by atoms with Crippen molar-refractivity contribution in [3.63, 3.8) is 0 Å². The molecule has 0 atom stereocenters. The number of hydrogen-bond donors (Lipinski definition) is 1. The van der Waals surface area contributed by atoms with Crippen LogP contribution in [-0.4, -0.2) is 18.8 Å². The van der Waals surface area contributed by atoms with E-state index in [0.29, 0.717) is 0 Å². The summed E-state index contributed by atoms with van der Waals surface area (Å²) in [5, 5.41) is 2.37. The Hall–Kier alpha value is 0.0400. The lowest BCUT2D eigenvalue weighted by molar-refractivity contribution is -0.125. The second kappa shape index (κ2) is 3.44. The van der Waals surface area contributed by atoms with Gasteiger partial charge in [0.05, 0.1) is 6.54 Å². The fourth-order valence-electron chi connectivity index (χ4n) is 0.548. The summed E-state index contributed by atoms with van der Waals surface area (Å²) in [4.78, 5) is 0. The Kier molecular flexibility index (Phi) is 3.45. The summed E-state index contributed by atoms with van der Waals surface area (Å²) < 4.78 is 34.1. The van der Waals surface area contributed by atoms with Crippen molar-refractivity contribution in [3.8, 4) is 0 Å². The van der Waals surface area contributed by atoms with Gasteiger partial charge in [-0.2, -0.15) is 13.2 Å². The highest BCUT2D eigenvalue weighted by atomic mass is 35.5. The Morgan fingerprint density at radius 1 is 1.30 bits per heavy atom. The monoisotopic (exact) mass is 175 g/mol. The van der Waals surface area contributed by atoms with Crippen molar-refractivity contribution >= 4 is 12.4 Å². The van der Waals surface area contributed by atoms with Crippen molar-refractivity contribution in [2.24, 2.45) is 0 Å². The molecule has 0 spiro atoms. The SMILES string of the molecule is Cl.FC(F)(F)CNC1CC1. The van der Waals surface area contributed by atoms with Crippen LogP contribution in [0.4, 0.5) is 13.2 Å². The minimum atomic E-state index is -4.04. The van der Waals surface area contributed by atoms with Crippen LogP contribution < -0.4 is 5.32 Å². The summed E-state index contributed by atoms with van der Waals surface area (Å²) in [5.74, 6) is 0. The van der Waals surface area contributed by atoms with E-state index in [-0.39, 0.29) is 18.4 Å². The highest BCUT2D eigenvalue weighted by molar-refractivity contribution is 5.85. The lowest BCUT2D eigenvalue weighted by Gasteiger charge is -2.05.